The minimum atomic E-state index is 0.258. The molecule has 16 heavy (non-hydrogen) atoms. The molecular weight excluding hydrogens is 222 g/mol. The molecule has 1 N–H and O–H groups in total. The van der Waals surface area contributed by atoms with E-state index in [1.807, 2.05) is 0 Å². The van der Waals surface area contributed by atoms with Crippen LogP contribution in [0.2, 0.25) is 0 Å². The highest BCUT2D eigenvalue weighted by molar-refractivity contribution is 6.17. The Morgan fingerprint density at radius 3 is 2.56 bits per heavy atom. The molecule has 0 aromatic carbocycles. The molecule has 3 heteroatoms. The molecule has 0 aliphatic heterocycles. The van der Waals surface area contributed by atoms with Crippen molar-refractivity contribution >= 4 is 17.5 Å². The molecule has 94 valence electrons. The van der Waals surface area contributed by atoms with E-state index in [2.05, 4.69) is 19.2 Å². The minimum absolute atomic E-state index is 0.258. The molecule has 1 aliphatic carbocycles. The van der Waals surface area contributed by atoms with E-state index in [0.717, 1.165) is 31.6 Å². The number of hydrogen-bond donors (Lipinski definition) is 1. The maximum atomic E-state index is 11.9. The average molecular weight is 246 g/mol. The maximum absolute atomic E-state index is 11.9. The van der Waals surface area contributed by atoms with Crippen molar-refractivity contribution in [1.29, 1.82) is 0 Å². The van der Waals surface area contributed by atoms with Gasteiger partial charge in [-0.1, -0.05) is 6.92 Å². The van der Waals surface area contributed by atoms with Gasteiger partial charge in [0.1, 0.15) is 0 Å². The lowest BCUT2D eigenvalue weighted by Gasteiger charge is -2.26. The standard InChI is InChI=1S/C13H24ClNO/c1-10-5-7-12(8-6-10)13(16)15-11(2)4-3-9-14/h10-12H,3-9H2,1-2H3,(H,15,16). The van der Waals surface area contributed by atoms with Gasteiger partial charge in [-0.2, -0.15) is 0 Å². The molecular formula is C13H24ClNO. The van der Waals surface area contributed by atoms with Gasteiger partial charge in [-0.05, 0) is 51.4 Å². The van der Waals surface area contributed by atoms with E-state index in [4.69, 9.17) is 11.6 Å². The van der Waals surface area contributed by atoms with Gasteiger partial charge in [0.15, 0.2) is 0 Å². The number of nitrogens with one attached hydrogen (secondary N) is 1. The largest absolute Gasteiger partial charge is 0.353 e. The third-order valence-corrected chi connectivity index (χ3v) is 3.81. The fourth-order valence-electron chi connectivity index (χ4n) is 2.34. The van der Waals surface area contributed by atoms with Crippen LogP contribution in [0.15, 0.2) is 0 Å². The van der Waals surface area contributed by atoms with Crippen molar-refractivity contribution in [2.24, 2.45) is 11.8 Å². The summed E-state index contributed by atoms with van der Waals surface area (Å²) >= 11 is 5.63. The third-order valence-electron chi connectivity index (χ3n) is 3.55. The number of rotatable bonds is 5. The van der Waals surface area contributed by atoms with E-state index in [0.29, 0.717) is 5.88 Å². The fraction of sp³-hybridized carbons (Fsp3) is 0.923. The van der Waals surface area contributed by atoms with Gasteiger partial charge in [0.2, 0.25) is 5.91 Å². The number of hydrogen-bond acceptors (Lipinski definition) is 1. The normalized spacial score (nSPS) is 27.4. The molecule has 1 saturated carbocycles. The van der Waals surface area contributed by atoms with Crippen molar-refractivity contribution in [1.82, 2.24) is 5.32 Å². The summed E-state index contributed by atoms with van der Waals surface area (Å²) in [5.41, 5.74) is 0. The Morgan fingerprint density at radius 1 is 1.38 bits per heavy atom. The number of alkyl halides is 1. The van der Waals surface area contributed by atoms with Crippen LogP contribution in [0.5, 0.6) is 0 Å². The highest BCUT2D eigenvalue weighted by atomic mass is 35.5. The predicted molar refractivity (Wildman–Crippen MR) is 68.7 cm³/mol. The molecule has 0 saturated heterocycles. The molecule has 0 bridgehead atoms. The van der Waals surface area contributed by atoms with Crippen LogP contribution in [0.3, 0.4) is 0 Å². The van der Waals surface area contributed by atoms with Gasteiger partial charge < -0.3 is 5.32 Å². The van der Waals surface area contributed by atoms with Crippen LogP contribution in [-0.4, -0.2) is 17.8 Å². The molecule has 1 rings (SSSR count). The topological polar surface area (TPSA) is 29.1 Å². The van der Waals surface area contributed by atoms with Crippen molar-refractivity contribution in [3.8, 4) is 0 Å². The first-order valence-corrected chi connectivity index (χ1v) is 7.03. The zero-order chi connectivity index (χ0) is 12.0. The van der Waals surface area contributed by atoms with Crippen LogP contribution >= 0.6 is 11.6 Å². The Kier molecular flexibility index (Phi) is 6.18. The second-order valence-corrected chi connectivity index (χ2v) is 5.58. The zero-order valence-electron chi connectivity index (χ0n) is 10.5. The Balaban J connectivity index is 2.23. The van der Waals surface area contributed by atoms with Crippen LogP contribution in [0.1, 0.15) is 52.4 Å². The molecule has 0 heterocycles. The van der Waals surface area contributed by atoms with Gasteiger partial charge in [-0.15, -0.1) is 11.6 Å². The number of carbonyl (C=O) groups is 1. The van der Waals surface area contributed by atoms with Gasteiger partial charge in [0.05, 0.1) is 0 Å². The molecule has 0 aromatic rings. The number of carbonyl (C=O) groups excluding carboxylic acids is 1. The first-order chi connectivity index (χ1) is 7.63. The molecule has 2 nitrogen and oxygen atoms in total. The summed E-state index contributed by atoms with van der Waals surface area (Å²) in [6.07, 6.45) is 6.50. The molecule has 0 spiro atoms. The summed E-state index contributed by atoms with van der Waals surface area (Å²) in [6.45, 7) is 4.34. The minimum Gasteiger partial charge on any atom is -0.353 e. The molecule has 1 aliphatic rings. The lowest BCUT2D eigenvalue weighted by atomic mass is 9.82. The maximum Gasteiger partial charge on any atom is 0.223 e. The molecule has 1 unspecified atom stereocenters. The first-order valence-electron chi connectivity index (χ1n) is 6.49. The molecule has 1 amide bonds. The Labute approximate surface area is 104 Å². The molecule has 1 fully saturated rings. The summed E-state index contributed by atoms with van der Waals surface area (Å²) < 4.78 is 0. The van der Waals surface area contributed by atoms with E-state index in [-0.39, 0.29) is 17.9 Å². The van der Waals surface area contributed by atoms with Gasteiger partial charge in [0, 0.05) is 17.8 Å². The molecule has 1 atom stereocenters. The van der Waals surface area contributed by atoms with E-state index in [1.165, 1.54) is 12.8 Å². The van der Waals surface area contributed by atoms with Crippen molar-refractivity contribution < 1.29 is 4.79 Å². The molecule has 0 aromatic heterocycles. The summed E-state index contributed by atoms with van der Waals surface area (Å²) in [6, 6.07) is 0.269. The van der Waals surface area contributed by atoms with Crippen LogP contribution in [0.25, 0.3) is 0 Å². The SMILES string of the molecule is CC1CCC(C(=O)NC(C)CCCCl)CC1. The van der Waals surface area contributed by atoms with Gasteiger partial charge >= 0.3 is 0 Å². The van der Waals surface area contributed by atoms with Crippen LogP contribution in [-0.2, 0) is 4.79 Å². The fourth-order valence-corrected chi connectivity index (χ4v) is 2.49. The van der Waals surface area contributed by atoms with Gasteiger partial charge in [-0.25, -0.2) is 0 Å². The average Bonchev–Trinajstić information content (AvgIpc) is 2.27. The lowest BCUT2D eigenvalue weighted by Crippen LogP contribution is -2.38. The first kappa shape index (κ1) is 13.8. The molecule has 0 radical (unpaired) electrons. The third kappa shape index (κ3) is 4.73. The second kappa shape index (κ2) is 7.16. The van der Waals surface area contributed by atoms with Crippen molar-refractivity contribution in [3.05, 3.63) is 0 Å². The Hall–Kier alpha value is -0.240. The summed E-state index contributed by atoms with van der Waals surface area (Å²) in [4.78, 5) is 11.9. The summed E-state index contributed by atoms with van der Waals surface area (Å²) in [7, 11) is 0. The zero-order valence-corrected chi connectivity index (χ0v) is 11.2. The quantitative estimate of drug-likeness (QED) is 0.740. The van der Waals surface area contributed by atoms with Gasteiger partial charge in [0.25, 0.3) is 0 Å². The van der Waals surface area contributed by atoms with E-state index < -0.39 is 0 Å². The highest BCUT2D eigenvalue weighted by Crippen LogP contribution is 2.28. The van der Waals surface area contributed by atoms with Crippen LogP contribution < -0.4 is 5.32 Å². The highest BCUT2D eigenvalue weighted by Gasteiger charge is 2.24. The van der Waals surface area contributed by atoms with Crippen molar-refractivity contribution in [2.75, 3.05) is 5.88 Å². The van der Waals surface area contributed by atoms with E-state index >= 15 is 0 Å². The predicted octanol–water partition coefficient (Wildman–Crippen LogP) is 3.34. The summed E-state index contributed by atoms with van der Waals surface area (Å²) in [5, 5.41) is 3.10. The lowest BCUT2D eigenvalue weighted by molar-refractivity contribution is -0.126. The Morgan fingerprint density at radius 2 is 2.00 bits per heavy atom. The van der Waals surface area contributed by atoms with E-state index in [1.54, 1.807) is 0 Å². The van der Waals surface area contributed by atoms with E-state index in [9.17, 15) is 4.79 Å². The van der Waals surface area contributed by atoms with Crippen molar-refractivity contribution in [2.45, 2.75) is 58.4 Å². The van der Waals surface area contributed by atoms with Gasteiger partial charge in [-0.3, -0.25) is 4.79 Å². The smallest absolute Gasteiger partial charge is 0.223 e. The number of amides is 1. The summed E-state index contributed by atoms with van der Waals surface area (Å²) in [5.74, 6) is 2.00. The van der Waals surface area contributed by atoms with Crippen LogP contribution in [0.4, 0.5) is 0 Å². The van der Waals surface area contributed by atoms with Crippen molar-refractivity contribution in [3.63, 3.8) is 0 Å². The Bertz CT molecular complexity index is 212. The second-order valence-electron chi connectivity index (χ2n) is 5.20. The monoisotopic (exact) mass is 245 g/mol. The van der Waals surface area contributed by atoms with Crippen LogP contribution in [0, 0.1) is 11.8 Å². The number of halogens is 1.